The van der Waals surface area contributed by atoms with Crippen molar-refractivity contribution in [3.63, 3.8) is 0 Å². The van der Waals surface area contributed by atoms with Gasteiger partial charge in [-0.1, -0.05) is 35.9 Å². The average molecular weight is 419 g/mol. The van der Waals surface area contributed by atoms with E-state index in [1.165, 1.54) is 0 Å². The molecule has 1 atom stereocenters. The minimum Gasteiger partial charge on any atom is -0.463 e. The van der Waals surface area contributed by atoms with Crippen molar-refractivity contribution in [1.82, 2.24) is 20.4 Å². The van der Waals surface area contributed by atoms with E-state index in [-0.39, 0.29) is 12.6 Å². The quantitative estimate of drug-likeness (QED) is 0.525. The van der Waals surface area contributed by atoms with Gasteiger partial charge in [0.15, 0.2) is 0 Å². The minimum atomic E-state index is -0.659. The van der Waals surface area contributed by atoms with Gasteiger partial charge in [-0.15, -0.1) is 6.58 Å². The third-order valence-corrected chi connectivity index (χ3v) is 5.44. The van der Waals surface area contributed by atoms with Gasteiger partial charge < -0.3 is 15.4 Å². The largest absolute Gasteiger partial charge is 0.463 e. The Morgan fingerprint density at radius 2 is 1.97 bits per heavy atom. The maximum atomic E-state index is 12.8. The molecule has 0 saturated carbocycles. The van der Waals surface area contributed by atoms with Crippen LogP contribution in [0.25, 0.3) is 0 Å². The molecule has 2 aliphatic rings. The molecule has 1 fully saturated rings. The Morgan fingerprint density at radius 1 is 1.28 bits per heavy atom. The van der Waals surface area contributed by atoms with Crippen LogP contribution in [0.1, 0.15) is 18.5 Å². The Labute approximate surface area is 176 Å². The third kappa shape index (κ3) is 5.18. The number of nitrogens with one attached hydrogen (secondary N) is 2. The number of carbonyl (C=O) groups excluding carboxylic acids is 2. The summed E-state index contributed by atoms with van der Waals surface area (Å²) in [5, 5.41) is 6.13. The Bertz CT molecular complexity index is 803. The fraction of sp³-hybridized carbons (Fsp3) is 0.429. The summed E-state index contributed by atoms with van der Waals surface area (Å²) in [7, 11) is 0. The van der Waals surface area contributed by atoms with E-state index in [0.717, 1.165) is 32.7 Å². The number of benzene rings is 1. The van der Waals surface area contributed by atoms with Crippen LogP contribution in [0, 0.1) is 0 Å². The predicted molar refractivity (Wildman–Crippen MR) is 113 cm³/mol. The van der Waals surface area contributed by atoms with Crippen molar-refractivity contribution in [3.05, 3.63) is 58.8 Å². The van der Waals surface area contributed by atoms with Gasteiger partial charge in [-0.05, 0) is 18.6 Å². The number of halogens is 1. The number of rotatable bonds is 7. The van der Waals surface area contributed by atoms with Gasteiger partial charge in [0.1, 0.15) is 0 Å². The summed E-state index contributed by atoms with van der Waals surface area (Å²) in [5.74, 6) is -0.454. The number of hydrogen-bond donors (Lipinski definition) is 2. The first-order valence-corrected chi connectivity index (χ1v) is 10.2. The Kier molecular flexibility index (Phi) is 7.30. The number of piperazine rings is 1. The Hall–Kier alpha value is -2.35. The van der Waals surface area contributed by atoms with Gasteiger partial charge >= 0.3 is 12.0 Å². The number of ether oxygens (including phenoxy) is 1. The summed E-state index contributed by atoms with van der Waals surface area (Å²) in [6, 6.07) is 6.18. The highest BCUT2D eigenvalue weighted by molar-refractivity contribution is 6.31. The molecule has 7 nitrogen and oxygen atoms in total. The second-order valence-electron chi connectivity index (χ2n) is 7.03. The zero-order chi connectivity index (χ0) is 20.8. The van der Waals surface area contributed by atoms with Crippen LogP contribution in [0.3, 0.4) is 0 Å². The molecule has 3 rings (SSSR count). The van der Waals surface area contributed by atoms with Crippen LogP contribution < -0.4 is 10.6 Å². The molecule has 1 aromatic rings. The van der Waals surface area contributed by atoms with Crippen molar-refractivity contribution in [2.45, 2.75) is 13.0 Å². The van der Waals surface area contributed by atoms with Crippen LogP contribution >= 0.6 is 11.6 Å². The van der Waals surface area contributed by atoms with E-state index in [0.29, 0.717) is 28.4 Å². The highest BCUT2D eigenvalue weighted by Gasteiger charge is 2.35. The van der Waals surface area contributed by atoms with Crippen LogP contribution in [0.5, 0.6) is 0 Å². The highest BCUT2D eigenvalue weighted by atomic mass is 35.5. The fourth-order valence-corrected chi connectivity index (χ4v) is 3.92. The van der Waals surface area contributed by atoms with E-state index in [2.05, 4.69) is 27.0 Å². The van der Waals surface area contributed by atoms with Gasteiger partial charge in [-0.2, -0.15) is 0 Å². The number of hydrogen-bond acceptors (Lipinski definition) is 5. The van der Waals surface area contributed by atoms with E-state index in [1.54, 1.807) is 13.0 Å². The minimum absolute atomic E-state index is 0.249. The molecule has 0 unspecified atom stereocenters. The average Bonchev–Trinajstić information content (AvgIpc) is 2.70. The molecule has 2 aliphatic heterocycles. The van der Waals surface area contributed by atoms with Crippen LogP contribution in [-0.2, 0) is 9.53 Å². The molecule has 29 heavy (non-hydrogen) atoms. The van der Waals surface area contributed by atoms with Crippen LogP contribution in [0.15, 0.2) is 48.2 Å². The lowest BCUT2D eigenvalue weighted by atomic mass is 9.95. The van der Waals surface area contributed by atoms with E-state index in [9.17, 15) is 9.59 Å². The van der Waals surface area contributed by atoms with E-state index in [4.69, 9.17) is 16.3 Å². The smallest absolute Gasteiger partial charge is 0.338 e. The van der Waals surface area contributed by atoms with Crippen LogP contribution in [0.4, 0.5) is 4.79 Å². The van der Waals surface area contributed by atoms with Gasteiger partial charge in [0.2, 0.25) is 0 Å². The summed E-state index contributed by atoms with van der Waals surface area (Å²) in [5.41, 5.74) is 1.63. The highest BCUT2D eigenvalue weighted by Crippen LogP contribution is 2.32. The zero-order valence-electron chi connectivity index (χ0n) is 16.6. The van der Waals surface area contributed by atoms with Gasteiger partial charge in [0.25, 0.3) is 0 Å². The summed E-state index contributed by atoms with van der Waals surface area (Å²) < 4.78 is 5.31. The summed E-state index contributed by atoms with van der Waals surface area (Å²) in [4.78, 5) is 29.8. The first kappa shape index (κ1) is 21.4. The number of nitrogens with zero attached hydrogens (tertiary/aromatic N) is 2. The molecule has 156 valence electrons. The normalized spacial score (nSPS) is 20.8. The maximum absolute atomic E-state index is 12.8. The van der Waals surface area contributed by atoms with Gasteiger partial charge in [-0.25, -0.2) is 9.59 Å². The number of urea groups is 1. The van der Waals surface area contributed by atoms with Crippen LogP contribution in [0.2, 0.25) is 5.02 Å². The molecule has 2 heterocycles. The number of amides is 2. The van der Waals surface area contributed by atoms with Crippen molar-refractivity contribution in [1.29, 1.82) is 0 Å². The van der Waals surface area contributed by atoms with Gasteiger partial charge in [-0.3, -0.25) is 9.80 Å². The summed E-state index contributed by atoms with van der Waals surface area (Å²) >= 11 is 6.37. The molecule has 8 heteroatoms. The summed E-state index contributed by atoms with van der Waals surface area (Å²) in [6.07, 6.45) is 1.90. The third-order valence-electron chi connectivity index (χ3n) is 5.10. The monoisotopic (exact) mass is 418 g/mol. The van der Waals surface area contributed by atoms with Gasteiger partial charge in [0.05, 0.1) is 18.2 Å². The topological polar surface area (TPSA) is 73.9 Å². The first-order chi connectivity index (χ1) is 14.0. The van der Waals surface area contributed by atoms with Crippen molar-refractivity contribution in [3.8, 4) is 0 Å². The molecule has 1 saturated heterocycles. The molecular weight excluding hydrogens is 392 g/mol. The molecule has 1 aromatic carbocycles. The molecule has 0 spiro atoms. The molecule has 0 bridgehead atoms. The lowest BCUT2D eigenvalue weighted by Gasteiger charge is -2.36. The van der Waals surface area contributed by atoms with Crippen molar-refractivity contribution in [2.75, 3.05) is 45.9 Å². The molecule has 0 aliphatic carbocycles. The molecule has 0 aromatic heterocycles. The van der Waals surface area contributed by atoms with Crippen molar-refractivity contribution in [2.24, 2.45) is 0 Å². The van der Waals surface area contributed by atoms with Gasteiger partial charge in [0, 0.05) is 50.0 Å². The number of carbonyl (C=O) groups is 2. The standard InChI is InChI=1S/C21H27ClN4O3/c1-3-9-25-10-12-26(13-11-25)14-17-18(20(27)29-4-2)19(24-21(28)23-17)15-7-5-6-8-16(15)22/h3,5-8,19H,1,4,9-14H2,2H3,(H2,23,24,28)/t19-/m1/s1. The zero-order valence-corrected chi connectivity index (χ0v) is 17.4. The molecule has 0 radical (unpaired) electrons. The first-order valence-electron chi connectivity index (χ1n) is 9.81. The van der Waals surface area contributed by atoms with Crippen LogP contribution in [-0.4, -0.2) is 67.7 Å². The predicted octanol–water partition coefficient (Wildman–Crippen LogP) is 2.31. The molecule has 2 N–H and O–H groups in total. The van der Waals surface area contributed by atoms with E-state index >= 15 is 0 Å². The van der Waals surface area contributed by atoms with Crippen molar-refractivity contribution < 1.29 is 14.3 Å². The van der Waals surface area contributed by atoms with E-state index in [1.807, 2.05) is 24.3 Å². The summed E-state index contributed by atoms with van der Waals surface area (Å²) in [6.45, 7) is 10.6. The lowest BCUT2D eigenvalue weighted by Crippen LogP contribution is -2.51. The fourth-order valence-electron chi connectivity index (χ4n) is 3.67. The Balaban J connectivity index is 1.90. The van der Waals surface area contributed by atoms with E-state index < -0.39 is 12.0 Å². The molecular formula is C21H27ClN4O3. The SMILES string of the molecule is C=CCN1CCN(CC2=C(C(=O)OCC)[C@@H](c3ccccc3Cl)NC(=O)N2)CC1. The second kappa shape index (κ2) is 9.91. The lowest BCUT2D eigenvalue weighted by molar-refractivity contribution is -0.139. The van der Waals surface area contributed by atoms with Crippen molar-refractivity contribution >= 4 is 23.6 Å². The second-order valence-corrected chi connectivity index (χ2v) is 7.44. The number of esters is 1. The molecule has 2 amide bonds. The Morgan fingerprint density at radius 3 is 2.62 bits per heavy atom. The maximum Gasteiger partial charge on any atom is 0.338 e.